The summed E-state index contributed by atoms with van der Waals surface area (Å²) in [5.74, 6) is -0.387. The molecule has 40 heavy (non-hydrogen) atoms. The van der Waals surface area contributed by atoms with Crippen LogP contribution in [0.15, 0.2) is 60.6 Å². The van der Waals surface area contributed by atoms with Crippen molar-refractivity contribution in [1.82, 2.24) is 15.3 Å². The van der Waals surface area contributed by atoms with Gasteiger partial charge in [-0.2, -0.15) is 0 Å². The summed E-state index contributed by atoms with van der Waals surface area (Å²) in [4.78, 5) is 37.4. The molecule has 0 aliphatic carbocycles. The van der Waals surface area contributed by atoms with E-state index < -0.39 is 0 Å². The van der Waals surface area contributed by atoms with Crippen LogP contribution in [0.5, 0.6) is 0 Å². The minimum atomic E-state index is -0.203. The molecule has 2 aliphatic heterocycles. The van der Waals surface area contributed by atoms with Gasteiger partial charge in [-0.15, -0.1) is 0 Å². The predicted molar refractivity (Wildman–Crippen MR) is 162 cm³/mol. The highest BCUT2D eigenvalue weighted by molar-refractivity contribution is 6.28. The first-order valence-corrected chi connectivity index (χ1v) is 14.4. The van der Waals surface area contributed by atoms with E-state index in [1.165, 1.54) is 12.8 Å². The van der Waals surface area contributed by atoms with Gasteiger partial charge >= 0.3 is 0 Å². The zero-order valence-electron chi connectivity index (χ0n) is 23.6. The van der Waals surface area contributed by atoms with Gasteiger partial charge in [0.05, 0.1) is 23.8 Å². The topological polar surface area (TPSA) is 99.2 Å². The lowest BCUT2D eigenvalue weighted by atomic mass is 9.90. The minimum Gasteiger partial charge on any atom is -0.381 e. The number of nitrogens with one attached hydrogen (secondary N) is 3. The fraction of sp³-hybridized carbons (Fsp3) is 0.375. The summed E-state index contributed by atoms with van der Waals surface area (Å²) in [6, 6.07) is 11.9. The van der Waals surface area contributed by atoms with Crippen LogP contribution in [-0.2, 0) is 4.79 Å². The average molecular weight is 539 g/mol. The molecule has 2 amide bonds. The maximum absolute atomic E-state index is 13.7. The highest BCUT2D eigenvalue weighted by Gasteiger charge is 2.25. The Kier molecular flexibility index (Phi) is 8.43. The van der Waals surface area contributed by atoms with Gasteiger partial charge in [0, 0.05) is 54.3 Å². The molecule has 208 valence electrons. The van der Waals surface area contributed by atoms with Crippen LogP contribution in [-0.4, -0.2) is 47.5 Å². The number of hydrogen-bond acceptors (Lipinski definition) is 6. The average Bonchev–Trinajstić information content (AvgIpc) is 3.54. The van der Waals surface area contributed by atoms with Crippen LogP contribution in [0.2, 0.25) is 0 Å². The smallest absolute Gasteiger partial charge is 0.270 e. The number of carbonyl (C=O) groups is 2. The number of pyridine rings is 2. The van der Waals surface area contributed by atoms with Crippen LogP contribution >= 0.6 is 0 Å². The zero-order chi connectivity index (χ0) is 28.1. The summed E-state index contributed by atoms with van der Waals surface area (Å²) in [6.45, 7) is 8.89. The highest BCUT2D eigenvalue weighted by atomic mass is 16.2. The molecule has 3 aromatic rings. The van der Waals surface area contributed by atoms with Crippen molar-refractivity contribution in [2.24, 2.45) is 0 Å². The molecule has 0 spiro atoms. The molecule has 2 aliphatic rings. The fourth-order valence-corrected chi connectivity index (χ4v) is 5.43. The maximum atomic E-state index is 13.7. The Bertz CT molecular complexity index is 1410. The Morgan fingerprint density at radius 2 is 1.75 bits per heavy atom. The van der Waals surface area contributed by atoms with Gasteiger partial charge in [0.1, 0.15) is 5.69 Å². The molecule has 8 heteroatoms. The van der Waals surface area contributed by atoms with Gasteiger partial charge in [0.15, 0.2) is 0 Å². The van der Waals surface area contributed by atoms with E-state index in [4.69, 9.17) is 0 Å². The highest BCUT2D eigenvalue weighted by Crippen LogP contribution is 2.37. The van der Waals surface area contributed by atoms with E-state index in [0.717, 1.165) is 66.0 Å². The lowest BCUT2D eigenvalue weighted by Crippen LogP contribution is -2.34. The summed E-state index contributed by atoms with van der Waals surface area (Å²) in [7, 11) is 0. The van der Waals surface area contributed by atoms with Crippen LogP contribution in [0.25, 0.3) is 16.7 Å². The van der Waals surface area contributed by atoms with E-state index in [-0.39, 0.29) is 17.9 Å². The second-order valence-corrected chi connectivity index (χ2v) is 10.4. The second kappa shape index (κ2) is 12.3. The zero-order valence-corrected chi connectivity index (χ0v) is 23.6. The number of nitrogens with zero attached hydrogens (tertiary/aromatic N) is 3. The molecular formula is C32H38N6O2. The van der Waals surface area contributed by atoms with Crippen molar-refractivity contribution >= 4 is 34.4 Å². The molecule has 0 atom stereocenters. The predicted octanol–water partition coefficient (Wildman–Crippen LogP) is 5.89. The normalized spacial score (nSPS) is 14.7. The van der Waals surface area contributed by atoms with Gasteiger partial charge in [-0.3, -0.25) is 14.6 Å². The van der Waals surface area contributed by atoms with Crippen molar-refractivity contribution in [2.75, 3.05) is 35.2 Å². The molecule has 4 heterocycles. The van der Waals surface area contributed by atoms with Crippen molar-refractivity contribution in [1.29, 1.82) is 0 Å². The minimum absolute atomic E-state index is 0.122. The van der Waals surface area contributed by atoms with Crippen molar-refractivity contribution in [3.63, 3.8) is 0 Å². The first kappa shape index (κ1) is 27.4. The molecule has 3 N–H and O–H groups in total. The number of hydrogen-bond donors (Lipinski definition) is 3. The molecular weight excluding hydrogens is 500 g/mol. The van der Waals surface area contributed by atoms with E-state index >= 15 is 0 Å². The first-order chi connectivity index (χ1) is 19.5. The third-order valence-corrected chi connectivity index (χ3v) is 7.89. The molecule has 1 saturated heterocycles. The lowest BCUT2D eigenvalue weighted by molar-refractivity contribution is -0.111. The second-order valence-electron chi connectivity index (χ2n) is 10.4. The van der Waals surface area contributed by atoms with Gasteiger partial charge < -0.3 is 20.9 Å². The Hall–Kier alpha value is -4.20. The monoisotopic (exact) mass is 538 g/mol. The molecule has 2 aromatic heterocycles. The number of carbonyl (C=O) groups excluding carboxylic acids is 2. The van der Waals surface area contributed by atoms with Gasteiger partial charge in [0.25, 0.3) is 11.8 Å². The largest absolute Gasteiger partial charge is 0.381 e. The number of aromatic nitrogens is 2. The SMILES string of the molecule is CCC1=C(C(=O)Nc2ccc(C(=O)NC(CC)CC)nc2)c2cc(-c3cncc(N4CCCC4)c3)ccc2NC1. The van der Waals surface area contributed by atoms with Crippen LogP contribution in [0.4, 0.5) is 17.1 Å². The molecule has 0 bridgehead atoms. The Morgan fingerprint density at radius 3 is 2.45 bits per heavy atom. The van der Waals surface area contributed by atoms with Gasteiger partial charge in [0.2, 0.25) is 0 Å². The molecule has 0 radical (unpaired) electrons. The third kappa shape index (κ3) is 5.86. The Balaban J connectivity index is 1.38. The Labute approximate surface area is 236 Å². The van der Waals surface area contributed by atoms with E-state index in [1.807, 2.05) is 32.3 Å². The van der Waals surface area contributed by atoms with Crippen molar-refractivity contribution < 1.29 is 9.59 Å². The standard InChI is InChI=1S/C32H38N6O2/c1-4-21-18-34-28-11-9-22(23-15-26(20-33-17-23)38-13-7-8-14-38)16-27(28)30(21)32(40)37-25-10-12-29(35-19-25)31(39)36-24(5-2)6-3/h9-12,15-17,19-20,24,34H,4-8,13-14,18H2,1-3H3,(H,36,39)(H,37,40). The van der Waals surface area contributed by atoms with E-state index in [1.54, 1.807) is 18.3 Å². The lowest BCUT2D eigenvalue weighted by Gasteiger charge is -2.25. The summed E-state index contributed by atoms with van der Waals surface area (Å²) >= 11 is 0. The summed E-state index contributed by atoms with van der Waals surface area (Å²) in [5.41, 5.74) is 7.59. The van der Waals surface area contributed by atoms with Crippen LogP contribution in [0.1, 0.15) is 68.9 Å². The quantitative estimate of drug-likeness (QED) is 0.314. The number of fused-ring (bicyclic) bond motifs is 1. The van der Waals surface area contributed by atoms with Crippen molar-refractivity contribution in [3.8, 4) is 11.1 Å². The number of anilines is 3. The molecule has 5 rings (SSSR count). The molecule has 1 aromatic carbocycles. The van der Waals surface area contributed by atoms with E-state index in [2.05, 4.69) is 55.9 Å². The van der Waals surface area contributed by atoms with Crippen LogP contribution < -0.4 is 20.9 Å². The summed E-state index contributed by atoms with van der Waals surface area (Å²) in [6.07, 6.45) is 10.3. The van der Waals surface area contributed by atoms with Gasteiger partial charge in [-0.05, 0) is 73.6 Å². The molecule has 1 fully saturated rings. The first-order valence-electron chi connectivity index (χ1n) is 14.4. The molecule has 0 saturated carbocycles. The third-order valence-electron chi connectivity index (χ3n) is 7.89. The van der Waals surface area contributed by atoms with Crippen molar-refractivity contribution in [2.45, 2.75) is 58.9 Å². The van der Waals surface area contributed by atoms with Gasteiger partial charge in [-0.25, -0.2) is 4.98 Å². The Morgan fingerprint density at radius 1 is 0.950 bits per heavy atom. The fourth-order valence-electron chi connectivity index (χ4n) is 5.43. The van der Waals surface area contributed by atoms with E-state index in [0.29, 0.717) is 23.5 Å². The number of amides is 2. The van der Waals surface area contributed by atoms with Crippen LogP contribution in [0.3, 0.4) is 0 Å². The summed E-state index contributed by atoms with van der Waals surface area (Å²) < 4.78 is 0. The van der Waals surface area contributed by atoms with Crippen molar-refractivity contribution in [3.05, 3.63) is 71.8 Å². The molecule has 0 unspecified atom stereocenters. The molecule has 8 nitrogen and oxygen atoms in total. The van der Waals surface area contributed by atoms with E-state index in [9.17, 15) is 9.59 Å². The number of benzene rings is 1. The summed E-state index contributed by atoms with van der Waals surface area (Å²) in [5, 5.41) is 9.48. The van der Waals surface area contributed by atoms with Gasteiger partial charge in [-0.1, -0.05) is 26.8 Å². The van der Waals surface area contributed by atoms with Crippen LogP contribution in [0, 0.1) is 0 Å². The maximum Gasteiger partial charge on any atom is 0.270 e. The number of rotatable bonds is 9.